The Kier molecular flexibility index (Phi) is 5.81. The average Bonchev–Trinajstić information content (AvgIpc) is 3.41. The maximum Gasteiger partial charge on any atom is 0.122 e. The summed E-state index contributed by atoms with van der Waals surface area (Å²) >= 11 is 0. The first-order valence-electron chi connectivity index (χ1n) is 8.93. The van der Waals surface area contributed by atoms with Crippen molar-refractivity contribution >= 4 is 5.84 Å². The Morgan fingerprint density at radius 3 is 2.73 bits per heavy atom. The van der Waals surface area contributed by atoms with Crippen molar-refractivity contribution in [3.05, 3.63) is 78.8 Å². The van der Waals surface area contributed by atoms with Crippen LogP contribution < -0.4 is 5.43 Å². The van der Waals surface area contributed by atoms with Crippen LogP contribution in [0.15, 0.2) is 72.6 Å². The first-order valence-corrected chi connectivity index (χ1v) is 8.93. The molecule has 0 amide bonds. The van der Waals surface area contributed by atoms with Crippen LogP contribution in [0.4, 0.5) is 0 Å². The van der Waals surface area contributed by atoms with Crippen molar-refractivity contribution in [2.24, 2.45) is 10.4 Å². The van der Waals surface area contributed by atoms with Gasteiger partial charge in [-0.1, -0.05) is 49.9 Å². The minimum Gasteiger partial charge on any atom is -0.387 e. The smallest absolute Gasteiger partial charge is 0.122 e. The number of nitrogens with zero attached hydrogens (tertiary/aromatic N) is 3. The quantitative estimate of drug-likeness (QED) is 0.435. The number of hydrogen-bond acceptors (Lipinski definition) is 4. The monoisotopic (exact) mass is 350 g/mol. The van der Waals surface area contributed by atoms with E-state index in [1.165, 1.54) is 0 Å². The van der Waals surface area contributed by atoms with Crippen LogP contribution in [0.2, 0.25) is 0 Å². The number of amidine groups is 1. The predicted octanol–water partition coefficient (Wildman–Crippen LogP) is 3.46. The maximum atomic E-state index is 10.6. The number of hydrazine groups is 1. The van der Waals surface area contributed by atoms with E-state index in [1.807, 2.05) is 35.3 Å². The number of nitrogens with one attached hydrogen (secondary N) is 1. The molecule has 1 aliphatic rings. The number of hydrogen-bond donors (Lipinski definition) is 2. The summed E-state index contributed by atoms with van der Waals surface area (Å²) in [4.78, 5) is 8.55. The van der Waals surface area contributed by atoms with Crippen LogP contribution in [-0.2, 0) is 6.54 Å². The first-order chi connectivity index (χ1) is 12.6. The third-order valence-electron chi connectivity index (χ3n) is 4.73. The highest BCUT2D eigenvalue weighted by Gasteiger charge is 2.43. The normalized spacial score (nSPS) is 17.0. The second kappa shape index (κ2) is 8.25. The summed E-state index contributed by atoms with van der Waals surface area (Å²) in [5, 5.41) is 12.7. The SMILES string of the molecule is C=CN=C(NN(Cc1ccccc1)CC(O)c1cccnc1)C1(C)CC1. The van der Waals surface area contributed by atoms with E-state index in [-0.39, 0.29) is 5.41 Å². The Morgan fingerprint density at radius 1 is 1.35 bits per heavy atom. The van der Waals surface area contributed by atoms with Gasteiger partial charge in [0.25, 0.3) is 0 Å². The van der Waals surface area contributed by atoms with Crippen molar-refractivity contribution in [1.29, 1.82) is 0 Å². The summed E-state index contributed by atoms with van der Waals surface area (Å²) in [6.07, 6.45) is 6.56. The molecule has 5 heteroatoms. The molecule has 0 spiro atoms. The molecule has 3 rings (SSSR count). The molecule has 2 aromatic rings. The zero-order valence-electron chi connectivity index (χ0n) is 15.2. The van der Waals surface area contributed by atoms with Gasteiger partial charge in [-0.3, -0.25) is 4.98 Å². The van der Waals surface area contributed by atoms with Crippen molar-refractivity contribution in [2.45, 2.75) is 32.4 Å². The van der Waals surface area contributed by atoms with E-state index in [4.69, 9.17) is 0 Å². The zero-order valence-corrected chi connectivity index (χ0v) is 15.2. The van der Waals surface area contributed by atoms with E-state index in [0.29, 0.717) is 13.1 Å². The highest BCUT2D eigenvalue weighted by molar-refractivity contribution is 5.90. The summed E-state index contributed by atoms with van der Waals surface area (Å²) in [5.41, 5.74) is 5.47. The number of rotatable bonds is 8. The molecule has 0 bridgehead atoms. The van der Waals surface area contributed by atoms with Crippen LogP contribution in [0.5, 0.6) is 0 Å². The molecular formula is C21H26N4O. The van der Waals surface area contributed by atoms with Crippen LogP contribution in [0.25, 0.3) is 0 Å². The molecule has 1 aliphatic carbocycles. The highest BCUT2D eigenvalue weighted by atomic mass is 16.3. The van der Waals surface area contributed by atoms with Crippen molar-refractivity contribution in [1.82, 2.24) is 15.4 Å². The van der Waals surface area contributed by atoms with Crippen molar-refractivity contribution < 1.29 is 5.11 Å². The summed E-state index contributed by atoms with van der Waals surface area (Å²) in [6.45, 7) is 7.01. The van der Waals surface area contributed by atoms with Crippen molar-refractivity contribution in [3.63, 3.8) is 0 Å². The van der Waals surface area contributed by atoms with E-state index < -0.39 is 6.10 Å². The zero-order chi connectivity index (χ0) is 18.4. The van der Waals surface area contributed by atoms with E-state index >= 15 is 0 Å². The molecule has 1 unspecified atom stereocenters. The van der Waals surface area contributed by atoms with Gasteiger partial charge in [0, 0.05) is 42.7 Å². The predicted molar refractivity (Wildman–Crippen MR) is 104 cm³/mol. The Morgan fingerprint density at radius 2 is 2.12 bits per heavy atom. The van der Waals surface area contributed by atoms with Gasteiger partial charge in [0.15, 0.2) is 0 Å². The second-order valence-electron chi connectivity index (χ2n) is 7.00. The van der Waals surface area contributed by atoms with Gasteiger partial charge >= 0.3 is 0 Å². The van der Waals surface area contributed by atoms with Crippen LogP contribution in [-0.4, -0.2) is 27.5 Å². The van der Waals surface area contributed by atoms with Gasteiger partial charge in [-0.15, -0.1) is 0 Å². The van der Waals surface area contributed by atoms with Crippen molar-refractivity contribution in [3.8, 4) is 0 Å². The standard InChI is InChI=1S/C21H26N4O/c1-3-23-20(21(2)11-12-21)24-25(15-17-8-5-4-6-9-17)16-19(26)18-10-7-13-22-14-18/h3-10,13-14,19,26H,1,11-12,15-16H2,2H3,(H,23,24). The number of benzene rings is 1. The van der Waals surface area contributed by atoms with Gasteiger partial charge in [0.2, 0.25) is 0 Å². The Balaban J connectivity index is 1.77. The molecule has 1 saturated carbocycles. The Hall–Kier alpha value is -2.50. The second-order valence-corrected chi connectivity index (χ2v) is 7.00. The Bertz CT molecular complexity index is 741. The summed E-state index contributed by atoms with van der Waals surface area (Å²) in [6, 6.07) is 13.9. The lowest BCUT2D eigenvalue weighted by molar-refractivity contribution is 0.0917. The van der Waals surface area contributed by atoms with Crippen LogP contribution in [0.3, 0.4) is 0 Å². The largest absolute Gasteiger partial charge is 0.387 e. The van der Waals surface area contributed by atoms with Crippen LogP contribution in [0, 0.1) is 5.41 Å². The molecular weight excluding hydrogens is 324 g/mol. The van der Waals surface area contributed by atoms with Crippen molar-refractivity contribution in [2.75, 3.05) is 6.54 Å². The fourth-order valence-electron chi connectivity index (χ4n) is 2.83. The third kappa shape index (κ3) is 4.77. The van der Waals surface area contributed by atoms with E-state index in [0.717, 1.165) is 29.8 Å². The summed E-state index contributed by atoms with van der Waals surface area (Å²) < 4.78 is 0. The minimum absolute atomic E-state index is 0.0718. The lowest BCUT2D eigenvalue weighted by Gasteiger charge is -2.29. The molecule has 1 heterocycles. The molecule has 5 nitrogen and oxygen atoms in total. The number of aliphatic imine (C=N–C) groups is 1. The summed E-state index contributed by atoms with van der Waals surface area (Å²) in [5.74, 6) is 0.904. The average molecular weight is 350 g/mol. The van der Waals surface area contributed by atoms with Gasteiger partial charge in [0.1, 0.15) is 5.84 Å². The van der Waals surface area contributed by atoms with Gasteiger partial charge in [-0.25, -0.2) is 10.0 Å². The number of aromatic nitrogens is 1. The first kappa shape index (κ1) is 18.3. The molecule has 0 saturated heterocycles. The summed E-state index contributed by atoms with van der Waals surface area (Å²) in [7, 11) is 0. The lowest BCUT2D eigenvalue weighted by atomic mass is 10.1. The maximum absolute atomic E-state index is 10.6. The number of aliphatic hydroxyl groups is 1. The molecule has 26 heavy (non-hydrogen) atoms. The van der Waals surface area contributed by atoms with E-state index in [1.54, 1.807) is 18.6 Å². The molecule has 1 aromatic carbocycles. The third-order valence-corrected chi connectivity index (χ3v) is 4.73. The van der Waals surface area contributed by atoms with E-state index in [9.17, 15) is 5.11 Å². The van der Waals surface area contributed by atoms with Crippen LogP contribution >= 0.6 is 0 Å². The number of pyridine rings is 1. The topological polar surface area (TPSA) is 60.8 Å². The van der Waals surface area contributed by atoms with E-state index in [2.05, 4.69) is 41.0 Å². The fraction of sp³-hybridized carbons (Fsp3) is 0.333. The van der Waals surface area contributed by atoms with Gasteiger partial charge < -0.3 is 10.5 Å². The fourth-order valence-corrected chi connectivity index (χ4v) is 2.83. The molecule has 0 aliphatic heterocycles. The van der Waals surface area contributed by atoms with Gasteiger partial charge in [-0.2, -0.15) is 0 Å². The molecule has 1 fully saturated rings. The molecule has 136 valence electrons. The van der Waals surface area contributed by atoms with Gasteiger partial charge in [0.05, 0.1) is 6.10 Å². The molecule has 2 N–H and O–H groups in total. The minimum atomic E-state index is -0.642. The molecule has 0 radical (unpaired) electrons. The van der Waals surface area contributed by atoms with Crippen LogP contribution in [0.1, 0.15) is 37.0 Å². The highest BCUT2D eigenvalue weighted by Crippen LogP contribution is 2.45. The number of aliphatic hydroxyl groups excluding tert-OH is 1. The Labute approximate surface area is 155 Å². The van der Waals surface area contributed by atoms with Gasteiger partial charge in [-0.05, 0) is 24.5 Å². The molecule has 1 atom stereocenters. The lowest BCUT2D eigenvalue weighted by Crippen LogP contribution is -2.46. The molecule has 1 aromatic heterocycles.